The van der Waals surface area contributed by atoms with Gasteiger partial charge in [-0.15, -0.1) is 0 Å². The summed E-state index contributed by atoms with van der Waals surface area (Å²) in [5.41, 5.74) is 7.38. The Morgan fingerprint density at radius 2 is 2.06 bits per heavy atom. The number of aliphatic hydroxyl groups is 1. The fourth-order valence-corrected chi connectivity index (χ4v) is 1.47. The first-order valence-electron chi connectivity index (χ1n) is 5.49. The minimum absolute atomic E-state index is 0.214. The molecule has 2 aromatic rings. The summed E-state index contributed by atoms with van der Waals surface area (Å²) >= 11 is 0. The van der Waals surface area contributed by atoms with Gasteiger partial charge in [-0.2, -0.15) is 4.98 Å². The van der Waals surface area contributed by atoms with Crippen molar-refractivity contribution in [2.24, 2.45) is 5.73 Å². The van der Waals surface area contributed by atoms with Gasteiger partial charge in [0, 0.05) is 5.56 Å². The first-order valence-corrected chi connectivity index (χ1v) is 5.49. The Bertz CT molecular complexity index is 479. The van der Waals surface area contributed by atoms with Crippen LogP contribution in [0.4, 0.5) is 0 Å². The van der Waals surface area contributed by atoms with E-state index in [1.807, 2.05) is 31.2 Å². The number of nitrogens with zero attached hydrogens (tertiary/aromatic N) is 2. The largest absolute Gasteiger partial charge is 0.383 e. The van der Waals surface area contributed by atoms with Crippen LogP contribution in [-0.4, -0.2) is 21.8 Å². The van der Waals surface area contributed by atoms with Gasteiger partial charge < -0.3 is 15.4 Å². The lowest BCUT2D eigenvalue weighted by Gasteiger charge is -2.01. The lowest BCUT2D eigenvalue weighted by Crippen LogP contribution is -2.06. The molecule has 5 heteroatoms. The maximum atomic E-state index is 9.65. The highest BCUT2D eigenvalue weighted by atomic mass is 16.5. The maximum absolute atomic E-state index is 9.65. The molecular weight excluding hydrogens is 218 g/mol. The topological polar surface area (TPSA) is 85.2 Å². The molecule has 0 spiro atoms. The average molecular weight is 233 g/mol. The van der Waals surface area contributed by atoms with Crippen molar-refractivity contribution in [2.75, 3.05) is 6.54 Å². The molecule has 0 aliphatic heterocycles. The van der Waals surface area contributed by atoms with Crippen molar-refractivity contribution in [1.82, 2.24) is 10.1 Å². The molecule has 0 saturated heterocycles. The van der Waals surface area contributed by atoms with E-state index in [1.54, 1.807) is 0 Å². The van der Waals surface area contributed by atoms with Crippen molar-refractivity contribution in [1.29, 1.82) is 0 Å². The summed E-state index contributed by atoms with van der Waals surface area (Å²) < 4.78 is 5.00. The van der Waals surface area contributed by atoms with E-state index in [2.05, 4.69) is 10.1 Å². The monoisotopic (exact) mass is 233 g/mol. The van der Waals surface area contributed by atoms with Crippen LogP contribution in [0.1, 0.15) is 24.0 Å². The van der Waals surface area contributed by atoms with Crippen molar-refractivity contribution in [3.8, 4) is 11.4 Å². The fraction of sp³-hybridized carbons (Fsp3) is 0.333. The zero-order valence-corrected chi connectivity index (χ0v) is 9.63. The van der Waals surface area contributed by atoms with E-state index in [0.29, 0.717) is 18.8 Å². The summed E-state index contributed by atoms with van der Waals surface area (Å²) in [7, 11) is 0. The zero-order valence-electron chi connectivity index (χ0n) is 9.63. The van der Waals surface area contributed by atoms with Crippen LogP contribution in [0.15, 0.2) is 28.8 Å². The van der Waals surface area contributed by atoms with E-state index in [9.17, 15) is 5.11 Å². The molecule has 0 bridgehead atoms. The van der Waals surface area contributed by atoms with Crippen LogP contribution in [-0.2, 0) is 0 Å². The molecular formula is C12H15N3O2. The lowest BCUT2D eigenvalue weighted by atomic mass is 10.1. The van der Waals surface area contributed by atoms with Crippen LogP contribution in [0, 0.1) is 6.92 Å². The van der Waals surface area contributed by atoms with Crippen molar-refractivity contribution in [3.63, 3.8) is 0 Å². The molecule has 90 valence electrons. The number of hydrogen-bond acceptors (Lipinski definition) is 5. The SMILES string of the molecule is Cc1ccc(-c2noc([C@@H](O)CCN)n2)cc1. The van der Waals surface area contributed by atoms with Crippen LogP contribution in [0.3, 0.4) is 0 Å². The van der Waals surface area contributed by atoms with Crippen molar-refractivity contribution in [3.05, 3.63) is 35.7 Å². The average Bonchev–Trinajstić information content (AvgIpc) is 2.80. The van der Waals surface area contributed by atoms with Gasteiger partial charge in [-0.05, 0) is 19.9 Å². The first kappa shape index (κ1) is 11.8. The Balaban J connectivity index is 2.20. The molecule has 5 nitrogen and oxygen atoms in total. The highest BCUT2D eigenvalue weighted by Gasteiger charge is 2.15. The molecule has 0 saturated carbocycles. The summed E-state index contributed by atoms with van der Waals surface area (Å²) in [4.78, 5) is 4.15. The Hall–Kier alpha value is -1.72. The van der Waals surface area contributed by atoms with Crippen molar-refractivity contribution < 1.29 is 9.63 Å². The molecule has 3 N–H and O–H groups in total. The number of nitrogens with two attached hydrogens (primary N) is 1. The van der Waals surface area contributed by atoms with E-state index in [-0.39, 0.29) is 5.89 Å². The summed E-state index contributed by atoms with van der Waals surface area (Å²) in [6.45, 7) is 2.39. The van der Waals surface area contributed by atoms with E-state index < -0.39 is 6.10 Å². The quantitative estimate of drug-likeness (QED) is 0.834. The minimum Gasteiger partial charge on any atom is -0.383 e. The summed E-state index contributed by atoms with van der Waals surface area (Å²) in [5.74, 6) is 0.696. The molecule has 0 radical (unpaired) electrons. The molecule has 1 aromatic carbocycles. The Morgan fingerprint density at radius 1 is 1.35 bits per heavy atom. The second-order valence-corrected chi connectivity index (χ2v) is 3.92. The summed E-state index contributed by atoms with van der Waals surface area (Å²) in [6, 6.07) is 7.78. The summed E-state index contributed by atoms with van der Waals surface area (Å²) in [6.07, 6.45) is -0.373. The van der Waals surface area contributed by atoms with Crippen LogP contribution < -0.4 is 5.73 Å². The van der Waals surface area contributed by atoms with Gasteiger partial charge in [0.2, 0.25) is 5.82 Å². The first-order chi connectivity index (χ1) is 8.20. The molecule has 1 atom stereocenters. The van der Waals surface area contributed by atoms with Gasteiger partial charge >= 0.3 is 0 Å². The van der Waals surface area contributed by atoms with E-state index in [4.69, 9.17) is 10.3 Å². The third-order valence-electron chi connectivity index (χ3n) is 2.48. The van der Waals surface area contributed by atoms with Crippen LogP contribution in [0.25, 0.3) is 11.4 Å². The van der Waals surface area contributed by atoms with Gasteiger partial charge in [0.05, 0.1) is 0 Å². The third-order valence-corrected chi connectivity index (χ3v) is 2.48. The van der Waals surface area contributed by atoms with Gasteiger partial charge in [0.15, 0.2) is 0 Å². The van der Waals surface area contributed by atoms with Crippen LogP contribution >= 0.6 is 0 Å². The normalized spacial score (nSPS) is 12.6. The van der Waals surface area contributed by atoms with Crippen LogP contribution in [0.2, 0.25) is 0 Å². The van der Waals surface area contributed by atoms with Gasteiger partial charge in [0.25, 0.3) is 5.89 Å². The number of hydrogen-bond donors (Lipinski definition) is 2. The number of aromatic nitrogens is 2. The molecule has 0 aliphatic rings. The molecule has 0 aliphatic carbocycles. The number of benzene rings is 1. The summed E-state index contributed by atoms with van der Waals surface area (Å²) in [5, 5.41) is 13.5. The molecule has 2 rings (SSSR count). The third kappa shape index (κ3) is 2.69. The number of rotatable bonds is 4. The smallest absolute Gasteiger partial charge is 0.255 e. The second-order valence-electron chi connectivity index (χ2n) is 3.92. The highest BCUT2D eigenvalue weighted by molar-refractivity contribution is 5.54. The fourth-order valence-electron chi connectivity index (χ4n) is 1.47. The van der Waals surface area contributed by atoms with Crippen molar-refractivity contribution in [2.45, 2.75) is 19.4 Å². The number of aliphatic hydroxyl groups excluding tert-OH is 1. The molecule has 17 heavy (non-hydrogen) atoms. The lowest BCUT2D eigenvalue weighted by molar-refractivity contribution is 0.127. The van der Waals surface area contributed by atoms with Gasteiger partial charge in [0.1, 0.15) is 6.10 Å². The predicted molar refractivity (Wildman–Crippen MR) is 63.1 cm³/mol. The second kappa shape index (κ2) is 5.07. The van der Waals surface area contributed by atoms with Crippen LogP contribution in [0.5, 0.6) is 0 Å². The Morgan fingerprint density at radius 3 is 2.71 bits per heavy atom. The van der Waals surface area contributed by atoms with E-state index in [0.717, 1.165) is 5.56 Å². The standard InChI is InChI=1S/C12H15N3O2/c1-8-2-4-9(5-3-8)11-14-12(17-15-11)10(16)6-7-13/h2-5,10,16H,6-7,13H2,1H3/t10-/m0/s1. The number of aryl methyl sites for hydroxylation is 1. The maximum Gasteiger partial charge on any atom is 0.255 e. The van der Waals surface area contributed by atoms with Gasteiger partial charge in [-0.25, -0.2) is 0 Å². The molecule has 0 unspecified atom stereocenters. The highest BCUT2D eigenvalue weighted by Crippen LogP contribution is 2.20. The van der Waals surface area contributed by atoms with E-state index in [1.165, 1.54) is 5.56 Å². The Kier molecular flexibility index (Phi) is 3.51. The predicted octanol–water partition coefficient (Wildman–Crippen LogP) is 1.43. The molecule has 1 heterocycles. The van der Waals surface area contributed by atoms with Gasteiger partial charge in [-0.3, -0.25) is 0 Å². The Labute approximate surface area is 99.3 Å². The van der Waals surface area contributed by atoms with E-state index >= 15 is 0 Å². The molecule has 1 aromatic heterocycles. The van der Waals surface area contributed by atoms with Gasteiger partial charge in [-0.1, -0.05) is 35.0 Å². The van der Waals surface area contributed by atoms with Crippen molar-refractivity contribution >= 4 is 0 Å². The zero-order chi connectivity index (χ0) is 12.3. The minimum atomic E-state index is -0.785. The molecule has 0 fully saturated rings. The molecule has 0 amide bonds.